The van der Waals surface area contributed by atoms with Gasteiger partial charge in [-0.25, -0.2) is 0 Å². The third kappa shape index (κ3) is 4.21. The van der Waals surface area contributed by atoms with Crippen molar-refractivity contribution >= 4 is 5.91 Å². The molecule has 2 heterocycles. The molecule has 1 amide bonds. The molecule has 0 radical (unpaired) electrons. The summed E-state index contributed by atoms with van der Waals surface area (Å²) < 4.78 is 10.7. The van der Waals surface area contributed by atoms with Gasteiger partial charge in [-0.05, 0) is 12.5 Å². The van der Waals surface area contributed by atoms with Crippen molar-refractivity contribution in [3.63, 3.8) is 0 Å². The van der Waals surface area contributed by atoms with Crippen LogP contribution in [0.1, 0.15) is 17.0 Å². The van der Waals surface area contributed by atoms with Crippen LogP contribution in [0, 0.1) is 6.92 Å². The number of amides is 1. The Morgan fingerprint density at radius 2 is 2.17 bits per heavy atom. The number of aryl methyl sites for hydroxylation is 1. The maximum atomic E-state index is 12.6. The number of benzene rings is 1. The summed E-state index contributed by atoms with van der Waals surface area (Å²) in [6.45, 7) is 5.11. The third-order valence-corrected chi connectivity index (χ3v) is 4.13. The van der Waals surface area contributed by atoms with Crippen LogP contribution in [-0.4, -0.2) is 53.7 Å². The molecular weight excluding hydrogens is 306 g/mol. The Kier molecular flexibility index (Phi) is 5.27. The van der Waals surface area contributed by atoms with Gasteiger partial charge in [0, 0.05) is 32.7 Å². The summed E-state index contributed by atoms with van der Waals surface area (Å²) in [5, 5.41) is 3.93. The lowest BCUT2D eigenvalue weighted by atomic mass is 10.2. The summed E-state index contributed by atoms with van der Waals surface area (Å²) in [7, 11) is 1.77. The number of aromatic nitrogens is 1. The van der Waals surface area contributed by atoms with Crippen LogP contribution >= 0.6 is 0 Å². The molecule has 2 aromatic rings. The number of morpholine rings is 1. The third-order valence-electron chi connectivity index (χ3n) is 4.13. The molecule has 1 atom stereocenters. The van der Waals surface area contributed by atoms with Gasteiger partial charge >= 0.3 is 0 Å². The van der Waals surface area contributed by atoms with E-state index in [-0.39, 0.29) is 5.91 Å². The van der Waals surface area contributed by atoms with Crippen molar-refractivity contribution < 1.29 is 14.1 Å². The van der Waals surface area contributed by atoms with E-state index in [1.165, 1.54) is 5.56 Å². The van der Waals surface area contributed by atoms with Crippen molar-refractivity contribution in [3.05, 3.63) is 53.4 Å². The van der Waals surface area contributed by atoms with Crippen molar-refractivity contribution in [1.82, 2.24) is 15.0 Å². The number of carbonyl (C=O) groups is 1. The summed E-state index contributed by atoms with van der Waals surface area (Å²) in [4.78, 5) is 16.5. The zero-order valence-corrected chi connectivity index (χ0v) is 14.1. The van der Waals surface area contributed by atoms with Gasteiger partial charge < -0.3 is 14.2 Å². The predicted octanol–water partition coefficient (Wildman–Crippen LogP) is 1.84. The monoisotopic (exact) mass is 329 g/mol. The first kappa shape index (κ1) is 16.7. The largest absolute Gasteiger partial charge is 0.366 e. The number of hydrogen-bond acceptors (Lipinski definition) is 5. The van der Waals surface area contributed by atoms with Gasteiger partial charge in [0.25, 0.3) is 5.91 Å². The van der Waals surface area contributed by atoms with Crippen LogP contribution in [0.5, 0.6) is 0 Å². The number of likely N-dealkylation sites (N-methyl/N-ethyl adjacent to an activating group) is 1. The van der Waals surface area contributed by atoms with Crippen LogP contribution in [0.2, 0.25) is 0 Å². The van der Waals surface area contributed by atoms with Gasteiger partial charge in [0.15, 0.2) is 0 Å². The Bertz CT molecular complexity index is 671. The molecule has 24 heavy (non-hydrogen) atoms. The molecule has 6 heteroatoms. The first-order valence-electron chi connectivity index (χ1n) is 8.17. The molecule has 0 N–H and O–H groups in total. The van der Waals surface area contributed by atoms with E-state index < -0.39 is 6.10 Å². The molecule has 1 aromatic heterocycles. The van der Waals surface area contributed by atoms with Crippen molar-refractivity contribution in [2.45, 2.75) is 26.1 Å². The Morgan fingerprint density at radius 3 is 2.88 bits per heavy atom. The molecule has 0 unspecified atom stereocenters. The molecule has 0 aliphatic carbocycles. The fourth-order valence-corrected chi connectivity index (χ4v) is 2.90. The summed E-state index contributed by atoms with van der Waals surface area (Å²) >= 11 is 0. The van der Waals surface area contributed by atoms with Crippen LogP contribution in [0.15, 0.2) is 40.9 Å². The van der Waals surface area contributed by atoms with Crippen LogP contribution in [0.3, 0.4) is 0 Å². The summed E-state index contributed by atoms with van der Waals surface area (Å²) in [5.41, 5.74) is 2.00. The lowest BCUT2D eigenvalue weighted by Gasteiger charge is -2.33. The van der Waals surface area contributed by atoms with E-state index in [0.29, 0.717) is 19.7 Å². The van der Waals surface area contributed by atoms with Gasteiger partial charge in [-0.1, -0.05) is 35.5 Å². The van der Waals surface area contributed by atoms with E-state index in [1.807, 2.05) is 31.2 Å². The fraction of sp³-hybridized carbons (Fsp3) is 0.444. The number of hydrogen-bond donors (Lipinski definition) is 0. The number of carbonyl (C=O) groups excluding carboxylic acids is 1. The van der Waals surface area contributed by atoms with Crippen molar-refractivity contribution in [3.8, 4) is 0 Å². The van der Waals surface area contributed by atoms with Crippen LogP contribution in [0.25, 0.3) is 0 Å². The van der Waals surface area contributed by atoms with E-state index >= 15 is 0 Å². The van der Waals surface area contributed by atoms with Gasteiger partial charge in [-0.15, -0.1) is 0 Å². The highest BCUT2D eigenvalue weighted by atomic mass is 16.5. The molecule has 128 valence electrons. The highest BCUT2D eigenvalue weighted by Gasteiger charge is 2.29. The first-order valence-corrected chi connectivity index (χ1v) is 8.17. The zero-order chi connectivity index (χ0) is 16.9. The van der Waals surface area contributed by atoms with E-state index in [2.05, 4.69) is 22.2 Å². The zero-order valence-electron chi connectivity index (χ0n) is 14.1. The lowest BCUT2D eigenvalue weighted by molar-refractivity contribution is -0.149. The molecule has 1 aromatic carbocycles. The van der Waals surface area contributed by atoms with Crippen LogP contribution in [0.4, 0.5) is 0 Å². The molecule has 0 bridgehead atoms. The molecule has 0 saturated carbocycles. The van der Waals surface area contributed by atoms with Crippen LogP contribution in [-0.2, 0) is 22.6 Å². The van der Waals surface area contributed by atoms with Gasteiger partial charge in [0.05, 0.1) is 13.2 Å². The van der Waals surface area contributed by atoms with E-state index in [0.717, 1.165) is 24.5 Å². The minimum absolute atomic E-state index is 0.0200. The standard InChI is InChI=1S/C18H23N3O3/c1-14-10-16(19-24-14)12-20(2)18(22)17-13-21(8-9-23-17)11-15-6-4-3-5-7-15/h3-7,10,17H,8-9,11-13H2,1-2H3/t17-/m1/s1. The topological polar surface area (TPSA) is 58.8 Å². The average Bonchev–Trinajstić information content (AvgIpc) is 3.00. The summed E-state index contributed by atoms with van der Waals surface area (Å²) in [5.74, 6) is 0.724. The van der Waals surface area contributed by atoms with Crippen molar-refractivity contribution in [1.29, 1.82) is 0 Å². The number of rotatable bonds is 5. The minimum Gasteiger partial charge on any atom is -0.366 e. The molecule has 3 rings (SSSR count). The summed E-state index contributed by atoms with van der Waals surface area (Å²) in [6, 6.07) is 12.1. The van der Waals surface area contributed by atoms with Crippen molar-refractivity contribution in [2.24, 2.45) is 0 Å². The fourth-order valence-electron chi connectivity index (χ4n) is 2.90. The van der Waals surface area contributed by atoms with Gasteiger partial charge in [0.1, 0.15) is 17.6 Å². The van der Waals surface area contributed by atoms with Gasteiger partial charge in [0.2, 0.25) is 0 Å². The Labute approximate surface area is 142 Å². The maximum absolute atomic E-state index is 12.6. The second-order valence-electron chi connectivity index (χ2n) is 6.20. The maximum Gasteiger partial charge on any atom is 0.253 e. The average molecular weight is 329 g/mol. The molecule has 0 spiro atoms. The van der Waals surface area contributed by atoms with Gasteiger partial charge in [-0.2, -0.15) is 0 Å². The Balaban J connectivity index is 1.56. The normalized spacial score (nSPS) is 18.5. The molecular formula is C18H23N3O3. The molecule has 1 saturated heterocycles. The highest BCUT2D eigenvalue weighted by Crippen LogP contribution is 2.13. The molecule has 1 aliphatic heterocycles. The SMILES string of the molecule is Cc1cc(CN(C)C(=O)[C@H]2CN(Cc3ccccc3)CCO2)no1. The molecule has 1 aliphatic rings. The minimum atomic E-state index is -0.430. The second-order valence-corrected chi connectivity index (χ2v) is 6.20. The first-order chi connectivity index (χ1) is 11.6. The van der Waals surface area contributed by atoms with E-state index in [9.17, 15) is 4.79 Å². The molecule has 1 fully saturated rings. The molecule has 6 nitrogen and oxygen atoms in total. The van der Waals surface area contributed by atoms with Crippen molar-refractivity contribution in [2.75, 3.05) is 26.7 Å². The Hall–Kier alpha value is -2.18. The smallest absolute Gasteiger partial charge is 0.253 e. The Morgan fingerprint density at radius 1 is 1.38 bits per heavy atom. The van der Waals surface area contributed by atoms with Gasteiger partial charge in [-0.3, -0.25) is 9.69 Å². The quantitative estimate of drug-likeness (QED) is 0.838. The lowest BCUT2D eigenvalue weighted by Crippen LogP contribution is -2.49. The van der Waals surface area contributed by atoms with E-state index in [4.69, 9.17) is 9.26 Å². The van der Waals surface area contributed by atoms with Crippen LogP contribution < -0.4 is 0 Å². The highest BCUT2D eigenvalue weighted by molar-refractivity contribution is 5.81. The predicted molar refractivity (Wildman–Crippen MR) is 89.2 cm³/mol. The number of ether oxygens (including phenoxy) is 1. The number of nitrogens with zero attached hydrogens (tertiary/aromatic N) is 3. The summed E-state index contributed by atoms with van der Waals surface area (Å²) in [6.07, 6.45) is -0.430. The van der Waals surface area contributed by atoms with E-state index in [1.54, 1.807) is 11.9 Å². The second kappa shape index (κ2) is 7.59.